The van der Waals surface area contributed by atoms with Crippen molar-refractivity contribution in [2.75, 3.05) is 26.1 Å². The number of carboxylic acid groups (broad SMARTS) is 1. The lowest BCUT2D eigenvalue weighted by Gasteiger charge is -2.08. The molecule has 0 bridgehead atoms. The Kier molecular flexibility index (Phi) is 7.46. The first-order valence-corrected chi connectivity index (χ1v) is 7.01. The van der Waals surface area contributed by atoms with Crippen LogP contribution in [0.25, 0.3) is 0 Å². The summed E-state index contributed by atoms with van der Waals surface area (Å²) in [7, 11) is 1.61. The fourth-order valence-corrected chi connectivity index (χ4v) is 2.12. The van der Waals surface area contributed by atoms with E-state index in [-0.39, 0.29) is 5.75 Å². The highest BCUT2D eigenvalue weighted by atomic mass is 32.2. The number of hydrogen-bond acceptors (Lipinski definition) is 6. The number of thioether (sulfide) groups is 1. The van der Waals surface area contributed by atoms with Crippen molar-refractivity contribution in [3.05, 3.63) is 5.82 Å². The Bertz CT molecular complexity index is 397. The molecule has 0 amide bonds. The first-order valence-electron chi connectivity index (χ1n) is 6.02. The van der Waals surface area contributed by atoms with Gasteiger partial charge in [0.2, 0.25) is 0 Å². The first kappa shape index (κ1) is 15.9. The minimum atomic E-state index is -0.867. The fraction of sp³-hybridized carbons (Fsp3) is 0.727. The quantitative estimate of drug-likeness (QED) is 0.508. The molecule has 0 atom stereocenters. The second-order valence-corrected chi connectivity index (χ2v) is 4.72. The van der Waals surface area contributed by atoms with E-state index in [0.29, 0.717) is 30.8 Å². The van der Waals surface area contributed by atoms with Gasteiger partial charge in [0, 0.05) is 13.7 Å². The van der Waals surface area contributed by atoms with E-state index in [2.05, 4.69) is 10.2 Å². The van der Waals surface area contributed by atoms with Crippen molar-refractivity contribution in [2.45, 2.75) is 31.7 Å². The van der Waals surface area contributed by atoms with Crippen LogP contribution in [-0.4, -0.2) is 51.9 Å². The van der Waals surface area contributed by atoms with E-state index in [4.69, 9.17) is 14.6 Å². The average molecular weight is 289 g/mol. The summed E-state index contributed by atoms with van der Waals surface area (Å²) in [6, 6.07) is 0. The molecule has 1 aromatic heterocycles. The van der Waals surface area contributed by atoms with Gasteiger partial charge in [-0.25, -0.2) is 0 Å². The van der Waals surface area contributed by atoms with Crippen molar-refractivity contribution in [2.24, 2.45) is 0 Å². The third kappa shape index (κ3) is 5.58. The van der Waals surface area contributed by atoms with Gasteiger partial charge in [-0.05, 0) is 6.42 Å². The SMILES string of the molecule is CCCn1c(COCCOC)nnc1SCC(=O)O. The number of hydrogen-bond donors (Lipinski definition) is 1. The molecular weight excluding hydrogens is 270 g/mol. The highest BCUT2D eigenvalue weighted by Gasteiger charge is 2.13. The average Bonchev–Trinajstić information content (AvgIpc) is 2.75. The van der Waals surface area contributed by atoms with Crippen LogP contribution in [0.1, 0.15) is 19.2 Å². The second kappa shape index (κ2) is 8.89. The zero-order chi connectivity index (χ0) is 14.1. The van der Waals surface area contributed by atoms with Gasteiger partial charge in [0.15, 0.2) is 11.0 Å². The summed E-state index contributed by atoms with van der Waals surface area (Å²) in [5, 5.41) is 17.4. The molecule has 1 N–H and O–H groups in total. The minimum absolute atomic E-state index is 0.0214. The largest absolute Gasteiger partial charge is 0.481 e. The van der Waals surface area contributed by atoms with Crippen molar-refractivity contribution in [1.29, 1.82) is 0 Å². The summed E-state index contributed by atoms with van der Waals surface area (Å²) in [5.74, 6) is -0.174. The second-order valence-electron chi connectivity index (χ2n) is 3.78. The van der Waals surface area contributed by atoms with E-state index in [1.807, 2.05) is 11.5 Å². The highest BCUT2D eigenvalue weighted by Crippen LogP contribution is 2.17. The molecule has 0 aliphatic rings. The smallest absolute Gasteiger partial charge is 0.313 e. The number of methoxy groups -OCH3 is 1. The molecule has 108 valence electrons. The van der Waals surface area contributed by atoms with Gasteiger partial charge in [0.05, 0.1) is 19.0 Å². The van der Waals surface area contributed by atoms with Gasteiger partial charge >= 0.3 is 5.97 Å². The highest BCUT2D eigenvalue weighted by molar-refractivity contribution is 7.99. The van der Waals surface area contributed by atoms with Gasteiger partial charge in [-0.2, -0.15) is 0 Å². The monoisotopic (exact) mass is 289 g/mol. The molecule has 0 aliphatic heterocycles. The van der Waals surface area contributed by atoms with Crippen LogP contribution in [0.4, 0.5) is 0 Å². The Hall–Kier alpha value is -1.12. The van der Waals surface area contributed by atoms with E-state index < -0.39 is 5.97 Å². The zero-order valence-corrected chi connectivity index (χ0v) is 12.0. The molecule has 0 radical (unpaired) electrons. The number of aliphatic carboxylic acids is 1. The standard InChI is InChI=1S/C11H19N3O4S/c1-3-4-14-9(7-18-6-5-17-2)12-13-11(14)19-8-10(15)16/h3-8H2,1-2H3,(H,15,16). The van der Waals surface area contributed by atoms with Crippen LogP contribution in [0.5, 0.6) is 0 Å². The molecule has 7 nitrogen and oxygen atoms in total. The van der Waals surface area contributed by atoms with Crippen molar-refractivity contribution >= 4 is 17.7 Å². The van der Waals surface area contributed by atoms with Crippen molar-refractivity contribution in [1.82, 2.24) is 14.8 Å². The van der Waals surface area contributed by atoms with E-state index in [1.165, 1.54) is 11.8 Å². The number of carbonyl (C=O) groups is 1. The maximum atomic E-state index is 10.6. The zero-order valence-electron chi connectivity index (χ0n) is 11.2. The van der Waals surface area contributed by atoms with Crippen LogP contribution in [0.3, 0.4) is 0 Å². The van der Waals surface area contributed by atoms with Gasteiger partial charge in [-0.1, -0.05) is 18.7 Å². The van der Waals surface area contributed by atoms with E-state index in [1.54, 1.807) is 7.11 Å². The summed E-state index contributed by atoms with van der Waals surface area (Å²) in [6.07, 6.45) is 0.920. The third-order valence-electron chi connectivity index (χ3n) is 2.23. The summed E-state index contributed by atoms with van der Waals surface area (Å²) >= 11 is 1.17. The molecule has 1 heterocycles. The molecule has 8 heteroatoms. The summed E-state index contributed by atoms with van der Waals surface area (Å²) in [6.45, 7) is 4.17. The van der Waals surface area contributed by atoms with Gasteiger partial charge in [0.25, 0.3) is 0 Å². The molecule has 0 saturated carbocycles. The van der Waals surface area contributed by atoms with Crippen LogP contribution in [0, 0.1) is 0 Å². The third-order valence-corrected chi connectivity index (χ3v) is 3.18. The Morgan fingerprint density at radius 1 is 1.42 bits per heavy atom. The topological polar surface area (TPSA) is 86.5 Å². The molecule has 0 saturated heterocycles. The number of carboxylic acids is 1. The maximum Gasteiger partial charge on any atom is 0.313 e. The molecule has 0 spiro atoms. The van der Waals surface area contributed by atoms with Crippen LogP contribution >= 0.6 is 11.8 Å². The lowest BCUT2D eigenvalue weighted by molar-refractivity contribution is -0.133. The van der Waals surface area contributed by atoms with Crippen LogP contribution in [-0.2, 0) is 27.4 Å². The molecule has 1 rings (SSSR count). The Morgan fingerprint density at radius 3 is 2.84 bits per heavy atom. The predicted molar refractivity (Wildman–Crippen MR) is 70.2 cm³/mol. The number of rotatable bonds is 10. The molecule has 0 unspecified atom stereocenters. The summed E-state index contributed by atoms with van der Waals surface area (Å²) in [5.41, 5.74) is 0. The van der Waals surface area contributed by atoms with Gasteiger partial charge in [-0.15, -0.1) is 10.2 Å². The maximum absolute atomic E-state index is 10.6. The minimum Gasteiger partial charge on any atom is -0.481 e. The van der Waals surface area contributed by atoms with Crippen molar-refractivity contribution < 1.29 is 19.4 Å². The molecule has 0 aromatic carbocycles. The van der Waals surface area contributed by atoms with Gasteiger partial charge in [0.1, 0.15) is 6.61 Å². The number of ether oxygens (including phenoxy) is 2. The number of nitrogens with zero attached hydrogens (tertiary/aromatic N) is 3. The molecule has 1 aromatic rings. The van der Waals surface area contributed by atoms with Crippen molar-refractivity contribution in [3.63, 3.8) is 0 Å². The summed E-state index contributed by atoms with van der Waals surface area (Å²) in [4.78, 5) is 10.6. The van der Waals surface area contributed by atoms with E-state index in [0.717, 1.165) is 13.0 Å². The Balaban J connectivity index is 2.61. The molecule has 19 heavy (non-hydrogen) atoms. The fourth-order valence-electron chi connectivity index (χ4n) is 1.41. The normalized spacial score (nSPS) is 10.8. The van der Waals surface area contributed by atoms with E-state index in [9.17, 15) is 4.79 Å². The van der Waals surface area contributed by atoms with Crippen LogP contribution in [0.2, 0.25) is 0 Å². The molecule has 0 fully saturated rings. The first-order chi connectivity index (χ1) is 9.19. The number of aromatic nitrogens is 3. The Labute approximate surface area is 116 Å². The van der Waals surface area contributed by atoms with Crippen molar-refractivity contribution in [3.8, 4) is 0 Å². The lowest BCUT2D eigenvalue weighted by Crippen LogP contribution is -2.09. The molecular formula is C11H19N3O4S. The van der Waals surface area contributed by atoms with E-state index >= 15 is 0 Å². The van der Waals surface area contributed by atoms with Crippen LogP contribution in [0.15, 0.2) is 5.16 Å². The molecule has 0 aliphatic carbocycles. The van der Waals surface area contributed by atoms with Gasteiger partial charge in [-0.3, -0.25) is 4.79 Å². The van der Waals surface area contributed by atoms with Gasteiger partial charge < -0.3 is 19.1 Å². The summed E-state index contributed by atoms with van der Waals surface area (Å²) < 4.78 is 12.2. The predicted octanol–water partition coefficient (Wildman–Crippen LogP) is 1.03. The Morgan fingerprint density at radius 2 is 2.21 bits per heavy atom. The lowest BCUT2D eigenvalue weighted by atomic mass is 10.4. The van der Waals surface area contributed by atoms with Crippen LogP contribution < -0.4 is 0 Å².